The van der Waals surface area contributed by atoms with Gasteiger partial charge in [0, 0.05) is 30.9 Å². The molecule has 0 saturated carbocycles. The number of anilines is 2. The van der Waals surface area contributed by atoms with E-state index in [0.717, 1.165) is 24.2 Å². The molecule has 2 heterocycles. The first-order chi connectivity index (χ1) is 12.0. The van der Waals surface area contributed by atoms with Crippen molar-refractivity contribution in [3.05, 3.63) is 53.6 Å². The maximum atomic E-state index is 12.2. The monoisotopic (exact) mass is 337 g/mol. The fourth-order valence-electron chi connectivity index (χ4n) is 4.13. The summed E-state index contributed by atoms with van der Waals surface area (Å²) >= 11 is 0. The highest BCUT2D eigenvalue weighted by atomic mass is 16.6. The van der Waals surface area contributed by atoms with Crippen LogP contribution in [0.15, 0.2) is 42.5 Å². The van der Waals surface area contributed by atoms with Crippen LogP contribution in [0, 0.1) is 6.92 Å². The largest absolute Gasteiger partial charge is 0.417 e. The molecule has 0 radical (unpaired) electrons. The van der Waals surface area contributed by atoms with Gasteiger partial charge in [-0.05, 0) is 55.8 Å². The SMILES string of the molecule is Cc1ccccc1NC(=O)Oc1ccc2c(c1)C1CCN(C)C1N2C. The molecule has 2 aliphatic rings. The number of likely N-dealkylation sites (tertiary alicyclic amines) is 1. The Morgan fingerprint density at radius 2 is 2.00 bits per heavy atom. The molecule has 2 aromatic rings. The summed E-state index contributed by atoms with van der Waals surface area (Å²) in [6, 6.07) is 13.6. The van der Waals surface area contributed by atoms with Gasteiger partial charge in [-0.25, -0.2) is 4.79 Å². The number of carbonyl (C=O) groups excluding carboxylic acids is 1. The van der Waals surface area contributed by atoms with E-state index < -0.39 is 6.09 Å². The molecule has 130 valence electrons. The molecule has 4 rings (SSSR count). The Hall–Kier alpha value is -2.53. The van der Waals surface area contributed by atoms with Gasteiger partial charge in [0.25, 0.3) is 0 Å². The first-order valence-corrected chi connectivity index (χ1v) is 8.66. The van der Waals surface area contributed by atoms with Crippen LogP contribution in [-0.2, 0) is 0 Å². The van der Waals surface area contributed by atoms with Gasteiger partial charge >= 0.3 is 6.09 Å². The first kappa shape index (κ1) is 16.0. The summed E-state index contributed by atoms with van der Waals surface area (Å²) in [6.45, 7) is 3.05. The maximum Gasteiger partial charge on any atom is 0.417 e. The Morgan fingerprint density at radius 1 is 1.20 bits per heavy atom. The Balaban J connectivity index is 1.52. The number of ether oxygens (including phenoxy) is 1. The van der Waals surface area contributed by atoms with E-state index in [9.17, 15) is 4.79 Å². The quantitative estimate of drug-likeness (QED) is 0.905. The second kappa shape index (κ2) is 6.08. The second-order valence-electron chi connectivity index (χ2n) is 6.95. The van der Waals surface area contributed by atoms with Gasteiger partial charge in [0.15, 0.2) is 0 Å². The van der Waals surface area contributed by atoms with Crippen molar-refractivity contribution in [3.8, 4) is 5.75 Å². The van der Waals surface area contributed by atoms with Crippen molar-refractivity contribution >= 4 is 17.5 Å². The lowest BCUT2D eigenvalue weighted by molar-refractivity contribution is 0.215. The highest BCUT2D eigenvalue weighted by Crippen LogP contribution is 2.47. The van der Waals surface area contributed by atoms with Gasteiger partial charge in [-0.3, -0.25) is 10.2 Å². The number of nitrogens with zero attached hydrogens (tertiary/aromatic N) is 2. The van der Waals surface area contributed by atoms with Crippen molar-refractivity contribution in [2.24, 2.45) is 0 Å². The molecule has 1 N–H and O–H groups in total. The smallest absolute Gasteiger partial charge is 0.410 e. The molecule has 25 heavy (non-hydrogen) atoms. The number of nitrogens with one attached hydrogen (secondary N) is 1. The molecule has 0 spiro atoms. The molecule has 0 aliphatic carbocycles. The van der Waals surface area contributed by atoms with Gasteiger partial charge in [-0.2, -0.15) is 0 Å². The first-order valence-electron chi connectivity index (χ1n) is 8.66. The standard InChI is InChI=1S/C20H23N3O2/c1-13-6-4-5-7-17(13)21-20(24)25-14-8-9-18-16(12-14)15-10-11-22(2)19(15)23(18)3/h4-9,12,15,19H,10-11H2,1-3H3,(H,21,24). The fraction of sp³-hybridized carbons (Fsp3) is 0.350. The van der Waals surface area contributed by atoms with Crippen molar-refractivity contribution in [3.63, 3.8) is 0 Å². The summed E-state index contributed by atoms with van der Waals surface area (Å²) < 4.78 is 5.53. The van der Waals surface area contributed by atoms with Crippen LogP contribution >= 0.6 is 0 Å². The summed E-state index contributed by atoms with van der Waals surface area (Å²) in [5.41, 5.74) is 4.28. The normalized spacial score (nSPS) is 21.8. The average Bonchev–Trinajstić information content (AvgIpc) is 3.09. The lowest BCUT2D eigenvalue weighted by Crippen LogP contribution is -2.39. The summed E-state index contributed by atoms with van der Waals surface area (Å²) in [6.07, 6.45) is 1.09. The lowest BCUT2D eigenvalue weighted by atomic mass is 9.98. The third-order valence-corrected chi connectivity index (χ3v) is 5.37. The molecule has 0 aromatic heterocycles. The maximum absolute atomic E-state index is 12.2. The van der Waals surface area contributed by atoms with E-state index in [4.69, 9.17) is 4.74 Å². The topological polar surface area (TPSA) is 44.8 Å². The number of hydrogen-bond donors (Lipinski definition) is 1. The van der Waals surface area contributed by atoms with E-state index in [1.54, 1.807) is 0 Å². The van der Waals surface area contributed by atoms with Crippen LogP contribution in [0.5, 0.6) is 5.75 Å². The second-order valence-corrected chi connectivity index (χ2v) is 6.95. The van der Waals surface area contributed by atoms with Crippen LogP contribution in [0.1, 0.15) is 23.5 Å². The highest BCUT2D eigenvalue weighted by molar-refractivity contribution is 5.87. The van der Waals surface area contributed by atoms with Crippen molar-refractivity contribution in [2.75, 3.05) is 30.9 Å². The van der Waals surface area contributed by atoms with E-state index in [1.165, 1.54) is 11.3 Å². The fourth-order valence-corrected chi connectivity index (χ4v) is 4.13. The molecule has 0 bridgehead atoms. The van der Waals surface area contributed by atoms with Crippen LogP contribution in [-0.4, -0.2) is 37.8 Å². The van der Waals surface area contributed by atoms with Gasteiger partial charge in [0.05, 0.1) is 6.17 Å². The van der Waals surface area contributed by atoms with Gasteiger partial charge in [-0.15, -0.1) is 0 Å². The zero-order chi connectivity index (χ0) is 17.6. The minimum Gasteiger partial charge on any atom is -0.410 e. The predicted octanol–water partition coefficient (Wildman–Crippen LogP) is 3.80. The van der Waals surface area contributed by atoms with Crippen molar-refractivity contribution in [1.82, 2.24) is 4.90 Å². The third-order valence-electron chi connectivity index (χ3n) is 5.37. The summed E-state index contributed by atoms with van der Waals surface area (Å²) in [5.74, 6) is 1.07. The van der Waals surface area contributed by atoms with Crippen LogP contribution in [0.4, 0.5) is 16.2 Å². The molecule has 1 saturated heterocycles. The Kier molecular flexibility index (Phi) is 3.88. The zero-order valence-corrected chi connectivity index (χ0v) is 14.8. The molecule has 1 amide bonds. The van der Waals surface area contributed by atoms with Gasteiger partial charge in [0.2, 0.25) is 0 Å². The van der Waals surface area contributed by atoms with Crippen molar-refractivity contribution in [2.45, 2.75) is 25.4 Å². The number of carbonyl (C=O) groups is 1. The molecular weight excluding hydrogens is 314 g/mol. The Bertz CT molecular complexity index is 820. The van der Waals surface area contributed by atoms with Crippen LogP contribution in [0.2, 0.25) is 0 Å². The van der Waals surface area contributed by atoms with Crippen LogP contribution in [0.3, 0.4) is 0 Å². The molecule has 2 aromatic carbocycles. The third kappa shape index (κ3) is 2.74. The van der Waals surface area contributed by atoms with Gasteiger partial charge in [-0.1, -0.05) is 18.2 Å². The summed E-state index contributed by atoms with van der Waals surface area (Å²) in [7, 11) is 4.30. The van der Waals surface area contributed by atoms with E-state index >= 15 is 0 Å². The van der Waals surface area contributed by atoms with Gasteiger partial charge in [0.1, 0.15) is 5.75 Å². The average molecular weight is 337 g/mol. The Morgan fingerprint density at radius 3 is 2.80 bits per heavy atom. The van der Waals surface area contributed by atoms with Crippen molar-refractivity contribution < 1.29 is 9.53 Å². The molecule has 2 atom stereocenters. The number of aryl methyl sites for hydroxylation is 1. The molecular formula is C20H23N3O2. The van der Waals surface area contributed by atoms with Crippen LogP contribution < -0.4 is 15.0 Å². The number of benzene rings is 2. The Labute approximate surface area is 148 Å². The number of fused-ring (bicyclic) bond motifs is 3. The predicted molar refractivity (Wildman–Crippen MR) is 99.4 cm³/mol. The summed E-state index contributed by atoms with van der Waals surface area (Å²) in [5, 5.41) is 2.81. The summed E-state index contributed by atoms with van der Waals surface area (Å²) in [4.78, 5) is 16.9. The minimum atomic E-state index is -0.458. The van der Waals surface area contributed by atoms with Crippen LogP contribution in [0.25, 0.3) is 0 Å². The molecule has 5 heteroatoms. The number of likely N-dealkylation sites (N-methyl/N-ethyl adjacent to an activating group) is 2. The highest BCUT2D eigenvalue weighted by Gasteiger charge is 2.43. The zero-order valence-electron chi connectivity index (χ0n) is 14.8. The molecule has 2 aliphatic heterocycles. The lowest BCUT2D eigenvalue weighted by Gasteiger charge is -2.28. The van der Waals surface area contributed by atoms with E-state index in [0.29, 0.717) is 17.8 Å². The minimum absolute atomic E-state index is 0.408. The van der Waals surface area contributed by atoms with E-state index in [-0.39, 0.29) is 0 Å². The van der Waals surface area contributed by atoms with Crippen molar-refractivity contribution in [1.29, 1.82) is 0 Å². The number of para-hydroxylation sites is 1. The van der Waals surface area contributed by atoms with E-state index in [1.807, 2.05) is 43.3 Å². The molecule has 2 unspecified atom stereocenters. The molecule has 1 fully saturated rings. The number of hydrogen-bond acceptors (Lipinski definition) is 4. The van der Waals surface area contributed by atoms with E-state index in [2.05, 4.69) is 35.3 Å². The molecule has 5 nitrogen and oxygen atoms in total. The number of rotatable bonds is 2. The number of amides is 1. The van der Waals surface area contributed by atoms with Gasteiger partial charge < -0.3 is 9.64 Å².